The van der Waals surface area contributed by atoms with Gasteiger partial charge in [-0.2, -0.15) is 0 Å². The second-order valence-corrected chi connectivity index (χ2v) is 6.73. The first-order valence-electron chi connectivity index (χ1n) is 7.28. The van der Waals surface area contributed by atoms with Gasteiger partial charge in [0.15, 0.2) is 0 Å². The van der Waals surface area contributed by atoms with Gasteiger partial charge in [-0.05, 0) is 43.9 Å². The first kappa shape index (κ1) is 12.4. The highest BCUT2D eigenvalue weighted by molar-refractivity contribution is 5.68. The lowest BCUT2D eigenvalue weighted by Gasteiger charge is -2.46. The van der Waals surface area contributed by atoms with Gasteiger partial charge >= 0.3 is 5.97 Å². The minimum Gasteiger partial charge on any atom is -0.481 e. The van der Waals surface area contributed by atoms with E-state index in [0.717, 1.165) is 30.8 Å². The number of fused-ring (bicyclic) bond motifs is 2. The predicted molar refractivity (Wildman–Crippen MR) is 69.4 cm³/mol. The zero-order chi connectivity index (χ0) is 12.8. The number of carboxylic acid groups (broad SMARTS) is 1. The smallest absolute Gasteiger partial charge is 0.305 e. The summed E-state index contributed by atoms with van der Waals surface area (Å²) in [5, 5.41) is 15.9. The fourth-order valence-corrected chi connectivity index (χ4v) is 4.49. The van der Waals surface area contributed by atoms with Gasteiger partial charge < -0.3 is 15.7 Å². The van der Waals surface area contributed by atoms with Gasteiger partial charge in [0.05, 0.1) is 12.0 Å². The maximum absolute atomic E-state index is 11.0. The zero-order valence-corrected chi connectivity index (χ0v) is 11.1. The summed E-state index contributed by atoms with van der Waals surface area (Å²) in [6.45, 7) is 3.85. The second kappa shape index (κ2) is 4.49. The van der Waals surface area contributed by atoms with Crippen molar-refractivity contribution in [1.29, 1.82) is 0 Å². The van der Waals surface area contributed by atoms with E-state index in [-0.39, 0.29) is 12.0 Å². The number of hydrogen-bond acceptors (Lipinski definition) is 3. The fourth-order valence-electron chi connectivity index (χ4n) is 4.49. The third-order valence-electron chi connectivity index (χ3n) is 5.39. The highest BCUT2D eigenvalue weighted by Gasteiger charge is 2.46. The molecule has 3 fully saturated rings. The van der Waals surface area contributed by atoms with Crippen LogP contribution in [0.25, 0.3) is 0 Å². The van der Waals surface area contributed by atoms with Gasteiger partial charge in [-0.3, -0.25) is 4.79 Å². The molecule has 4 unspecified atom stereocenters. The highest BCUT2D eigenvalue weighted by Crippen LogP contribution is 2.49. The maximum Gasteiger partial charge on any atom is 0.305 e. The van der Waals surface area contributed by atoms with Crippen LogP contribution in [-0.4, -0.2) is 35.7 Å². The molecule has 102 valence electrons. The van der Waals surface area contributed by atoms with Crippen molar-refractivity contribution in [2.75, 3.05) is 13.1 Å². The molecule has 0 amide bonds. The number of carbonyl (C=O) groups is 1. The molecule has 2 saturated carbocycles. The van der Waals surface area contributed by atoms with E-state index in [1.54, 1.807) is 0 Å². The molecule has 2 aliphatic carbocycles. The lowest BCUT2D eigenvalue weighted by atomic mass is 9.81. The molecule has 1 heterocycles. The van der Waals surface area contributed by atoms with Gasteiger partial charge in [0, 0.05) is 19.1 Å². The first-order valence-corrected chi connectivity index (χ1v) is 7.28. The van der Waals surface area contributed by atoms with Gasteiger partial charge in [-0.15, -0.1) is 0 Å². The van der Waals surface area contributed by atoms with E-state index >= 15 is 0 Å². The molecule has 0 spiro atoms. The van der Waals surface area contributed by atoms with E-state index in [1.165, 1.54) is 25.7 Å². The molecule has 2 bridgehead atoms. The lowest BCUT2D eigenvalue weighted by molar-refractivity contribution is -0.139. The molecule has 1 aliphatic heterocycles. The van der Waals surface area contributed by atoms with Crippen LogP contribution in [0.2, 0.25) is 0 Å². The quantitative estimate of drug-likeness (QED) is 0.688. The average molecular weight is 252 g/mol. The Morgan fingerprint density at radius 2 is 2.22 bits per heavy atom. The van der Waals surface area contributed by atoms with Crippen molar-refractivity contribution < 1.29 is 9.90 Å². The van der Waals surface area contributed by atoms with Gasteiger partial charge in [0.25, 0.3) is 0 Å². The Morgan fingerprint density at radius 1 is 1.44 bits per heavy atom. The summed E-state index contributed by atoms with van der Waals surface area (Å²) in [5.74, 6) is 1.94. The molecule has 3 aliphatic rings. The van der Waals surface area contributed by atoms with Crippen molar-refractivity contribution in [3.05, 3.63) is 0 Å². The van der Waals surface area contributed by atoms with Crippen LogP contribution in [0.15, 0.2) is 0 Å². The van der Waals surface area contributed by atoms with E-state index < -0.39 is 5.97 Å². The Morgan fingerprint density at radius 3 is 2.67 bits per heavy atom. The Bertz CT molecular complexity index is 341. The van der Waals surface area contributed by atoms with Gasteiger partial charge in [-0.25, -0.2) is 0 Å². The van der Waals surface area contributed by atoms with Gasteiger partial charge in [0.2, 0.25) is 0 Å². The normalized spacial score (nSPS) is 38.4. The molecule has 0 aromatic rings. The second-order valence-electron chi connectivity index (χ2n) is 6.73. The van der Waals surface area contributed by atoms with E-state index in [4.69, 9.17) is 5.11 Å². The van der Waals surface area contributed by atoms with E-state index in [9.17, 15) is 4.79 Å². The molecule has 0 aromatic carbocycles. The van der Waals surface area contributed by atoms with Crippen LogP contribution in [0.1, 0.15) is 39.0 Å². The molecule has 18 heavy (non-hydrogen) atoms. The third kappa shape index (κ3) is 2.16. The molecule has 3 N–H and O–H groups in total. The van der Waals surface area contributed by atoms with Crippen molar-refractivity contribution in [2.45, 2.75) is 50.6 Å². The summed E-state index contributed by atoms with van der Waals surface area (Å²) in [7, 11) is 0. The summed E-state index contributed by atoms with van der Waals surface area (Å²) in [5.41, 5.74) is -0.187. The van der Waals surface area contributed by atoms with E-state index in [2.05, 4.69) is 17.6 Å². The topological polar surface area (TPSA) is 61.4 Å². The molecule has 1 saturated heterocycles. The lowest BCUT2D eigenvalue weighted by Crippen LogP contribution is -2.70. The van der Waals surface area contributed by atoms with E-state index in [0.29, 0.717) is 6.04 Å². The van der Waals surface area contributed by atoms with Crippen LogP contribution in [0, 0.1) is 17.8 Å². The standard InChI is InChI=1S/C14H24N2O2/c1-9(12-5-10-2-3-11(12)4-10)16-14(6-13(17)18)7-15-8-14/h9-12,15-16H,2-8H2,1H3,(H,17,18). The molecule has 4 heteroatoms. The zero-order valence-electron chi connectivity index (χ0n) is 11.1. The number of nitrogens with one attached hydrogen (secondary N) is 2. The van der Waals surface area contributed by atoms with Gasteiger partial charge in [-0.1, -0.05) is 6.42 Å². The molecule has 0 aromatic heterocycles. The highest BCUT2D eigenvalue weighted by atomic mass is 16.4. The van der Waals surface area contributed by atoms with Crippen LogP contribution in [-0.2, 0) is 4.79 Å². The average Bonchev–Trinajstić information content (AvgIpc) is 2.86. The SMILES string of the molecule is CC(NC1(CC(=O)O)CNC1)C1CC2CCC1C2. The maximum atomic E-state index is 11.0. The molecule has 4 atom stereocenters. The first-order chi connectivity index (χ1) is 8.58. The van der Waals surface area contributed by atoms with Crippen molar-refractivity contribution in [2.24, 2.45) is 17.8 Å². The summed E-state index contributed by atoms with van der Waals surface area (Å²) in [6, 6.07) is 0.460. The van der Waals surface area contributed by atoms with Crippen molar-refractivity contribution >= 4 is 5.97 Å². The summed E-state index contributed by atoms with van der Waals surface area (Å²) < 4.78 is 0. The van der Waals surface area contributed by atoms with Crippen LogP contribution in [0.3, 0.4) is 0 Å². The van der Waals surface area contributed by atoms with Crippen molar-refractivity contribution in [1.82, 2.24) is 10.6 Å². The van der Waals surface area contributed by atoms with Crippen LogP contribution in [0.5, 0.6) is 0 Å². The summed E-state index contributed by atoms with van der Waals surface area (Å²) >= 11 is 0. The largest absolute Gasteiger partial charge is 0.481 e. The van der Waals surface area contributed by atoms with Crippen molar-refractivity contribution in [3.8, 4) is 0 Å². The monoisotopic (exact) mass is 252 g/mol. The summed E-state index contributed by atoms with van der Waals surface area (Å²) in [4.78, 5) is 11.0. The predicted octanol–water partition coefficient (Wildman–Crippen LogP) is 1.22. The molecule has 3 rings (SSSR count). The number of carboxylic acids is 1. The Labute approximate surface area is 109 Å². The third-order valence-corrected chi connectivity index (χ3v) is 5.39. The molecule has 4 nitrogen and oxygen atoms in total. The summed E-state index contributed by atoms with van der Waals surface area (Å²) in [6.07, 6.45) is 5.84. The van der Waals surface area contributed by atoms with Crippen LogP contribution >= 0.6 is 0 Å². The minimum atomic E-state index is -0.691. The van der Waals surface area contributed by atoms with Crippen LogP contribution in [0.4, 0.5) is 0 Å². The molecular formula is C14H24N2O2. The molecular weight excluding hydrogens is 228 g/mol. The number of aliphatic carboxylic acids is 1. The van der Waals surface area contributed by atoms with E-state index in [1.807, 2.05) is 0 Å². The van der Waals surface area contributed by atoms with Gasteiger partial charge in [0.1, 0.15) is 0 Å². The van der Waals surface area contributed by atoms with Crippen LogP contribution < -0.4 is 10.6 Å². The Hall–Kier alpha value is -0.610. The number of hydrogen-bond donors (Lipinski definition) is 3. The fraction of sp³-hybridized carbons (Fsp3) is 0.929. The number of rotatable bonds is 5. The minimum absolute atomic E-state index is 0.187. The van der Waals surface area contributed by atoms with Crippen molar-refractivity contribution in [3.63, 3.8) is 0 Å². The Kier molecular flexibility index (Phi) is 3.10. The Balaban J connectivity index is 1.59. The molecule has 0 radical (unpaired) electrons.